The summed E-state index contributed by atoms with van der Waals surface area (Å²) >= 11 is 17.6. The number of halogens is 2. The van der Waals surface area contributed by atoms with Crippen molar-refractivity contribution in [2.75, 3.05) is 7.11 Å². The Kier molecular flexibility index (Phi) is 3.93. The Labute approximate surface area is 137 Å². The molecule has 2 aromatic carbocycles. The average molecular weight is 339 g/mol. The number of H-pyrrole nitrogens is 1. The zero-order chi connectivity index (χ0) is 15.0. The average Bonchev–Trinajstić information content (AvgIpc) is 2.76. The van der Waals surface area contributed by atoms with Crippen molar-refractivity contribution in [3.63, 3.8) is 0 Å². The molecule has 0 spiro atoms. The van der Waals surface area contributed by atoms with Gasteiger partial charge in [-0.3, -0.25) is 0 Å². The van der Waals surface area contributed by atoms with Gasteiger partial charge in [-0.2, -0.15) is 0 Å². The standard InChI is InChI=1S/C15H12Cl2N2OS/c1-20-14-5-3-2-4-9(14)8-19-13-7-11(17)10(16)6-12(13)18-15(19)21/h2-7H,8H2,1H3,(H,18,21). The lowest BCUT2D eigenvalue weighted by atomic mass is 10.2. The molecule has 3 nitrogen and oxygen atoms in total. The fourth-order valence-electron chi connectivity index (χ4n) is 2.31. The predicted molar refractivity (Wildman–Crippen MR) is 89.2 cm³/mol. The Morgan fingerprint density at radius 2 is 1.90 bits per heavy atom. The van der Waals surface area contributed by atoms with Gasteiger partial charge in [-0.1, -0.05) is 41.4 Å². The summed E-state index contributed by atoms with van der Waals surface area (Å²) < 4.78 is 7.98. The van der Waals surface area contributed by atoms with Crippen molar-refractivity contribution >= 4 is 46.5 Å². The first kappa shape index (κ1) is 14.4. The van der Waals surface area contributed by atoms with Crippen molar-refractivity contribution in [3.8, 4) is 5.75 Å². The van der Waals surface area contributed by atoms with Crippen LogP contribution in [0.4, 0.5) is 0 Å². The number of aromatic nitrogens is 2. The summed E-state index contributed by atoms with van der Waals surface area (Å²) in [5, 5.41) is 1.01. The largest absolute Gasteiger partial charge is 0.496 e. The molecule has 0 saturated carbocycles. The van der Waals surface area contributed by atoms with Crippen molar-refractivity contribution in [2.24, 2.45) is 0 Å². The number of rotatable bonds is 3. The fraction of sp³-hybridized carbons (Fsp3) is 0.133. The normalized spacial score (nSPS) is 11.0. The SMILES string of the molecule is COc1ccccc1Cn1c(=S)[nH]c2cc(Cl)c(Cl)cc21. The molecule has 0 fully saturated rings. The van der Waals surface area contributed by atoms with E-state index in [0.29, 0.717) is 21.4 Å². The highest BCUT2D eigenvalue weighted by molar-refractivity contribution is 7.71. The minimum Gasteiger partial charge on any atom is -0.496 e. The number of para-hydroxylation sites is 1. The van der Waals surface area contributed by atoms with Gasteiger partial charge in [-0.05, 0) is 30.4 Å². The molecule has 0 bridgehead atoms. The van der Waals surface area contributed by atoms with E-state index >= 15 is 0 Å². The molecular formula is C15H12Cl2N2OS. The Bertz CT molecular complexity index is 870. The van der Waals surface area contributed by atoms with Gasteiger partial charge in [-0.25, -0.2) is 0 Å². The number of imidazole rings is 1. The van der Waals surface area contributed by atoms with Crippen LogP contribution in [0.5, 0.6) is 5.75 Å². The number of methoxy groups -OCH3 is 1. The lowest BCUT2D eigenvalue weighted by Gasteiger charge is -2.10. The van der Waals surface area contributed by atoms with Crippen molar-refractivity contribution in [1.82, 2.24) is 9.55 Å². The number of hydrogen-bond donors (Lipinski definition) is 1. The lowest BCUT2D eigenvalue weighted by Crippen LogP contribution is -2.01. The summed E-state index contributed by atoms with van der Waals surface area (Å²) in [6.07, 6.45) is 0. The van der Waals surface area contributed by atoms with Crippen LogP contribution in [0.2, 0.25) is 10.0 Å². The quantitative estimate of drug-likeness (QED) is 0.676. The van der Waals surface area contributed by atoms with Gasteiger partial charge in [-0.15, -0.1) is 0 Å². The molecule has 0 saturated heterocycles. The first-order valence-corrected chi connectivity index (χ1v) is 7.46. The number of hydrogen-bond acceptors (Lipinski definition) is 2. The highest BCUT2D eigenvalue weighted by Crippen LogP contribution is 2.29. The zero-order valence-electron chi connectivity index (χ0n) is 11.2. The minimum atomic E-state index is 0.504. The smallest absolute Gasteiger partial charge is 0.178 e. The molecule has 21 heavy (non-hydrogen) atoms. The second-order valence-electron chi connectivity index (χ2n) is 4.61. The van der Waals surface area contributed by atoms with Crippen LogP contribution in [-0.4, -0.2) is 16.7 Å². The number of nitrogens with one attached hydrogen (secondary N) is 1. The van der Waals surface area contributed by atoms with E-state index in [4.69, 9.17) is 40.2 Å². The number of fused-ring (bicyclic) bond motifs is 1. The maximum atomic E-state index is 6.11. The number of nitrogens with zero attached hydrogens (tertiary/aromatic N) is 1. The third-order valence-electron chi connectivity index (χ3n) is 3.34. The van der Waals surface area contributed by atoms with Gasteiger partial charge in [0.05, 0.1) is 34.7 Å². The molecule has 0 aliphatic rings. The third-order valence-corrected chi connectivity index (χ3v) is 4.38. The first-order valence-electron chi connectivity index (χ1n) is 6.29. The molecule has 108 valence electrons. The summed E-state index contributed by atoms with van der Waals surface area (Å²) in [6.45, 7) is 0.598. The van der Waals surface area contributed by atoms with Crippen LogP contribution in [-0.2, 0) is 6.54 Å². The number of benzene rings is 2. The molecule has 0 atom stereocenters. The second kappa shape index (κ2) is 5.72. The second-order valence-corrected chi connectivity index (χ2v) is 5.81. The molecule has 6 heteroatoms. The highest BCUT2D eigenvalue weighted by Gasteiger charge is 2.10. The van der Waals surface area contributed by atoms with Gasteiger partial charge >= 0.3 is 0 Å². The first-order chi connectivity index (χ1) is 10.1. The molecule has 3 rings (SSSR count). The van der Waals surface area contributed by atoms with Crippen molar-refractivity contribution in [3.05, 3.63) is 56.8 Å². The number of ether oxygens (including phenoxy) is 1. The summed E-state index contributed by atoms with van der Waals surface area (Å²) in [7, 11) is 1.66. The van der Waals surface area contributed by atoms with E-state index in [9.17, 15) is 0 Å². The van der Waals surface area contributed by atoms with Crippen LogP contribution in [0.3, 0.4) is 0 Å². The minimum absolute atomic E-state index is 0.504. The van der Waals surface area contributed by atoms with Gasteiger partial charge < -0.3 is 14.3 Å². The molecule has 1 heterocycles. The molecule has 1 N–H and O–H groups in total. The number of aromatic amines is 1. The van der Waals surface area contributed by atoms with E-state index in [0.717, 1.165) is 22.3 Å². The van der Waals surface area contributed by atoms with Crippen LogP contribution < -0.4 is 4.74 Å². The Morgan fingerprint density at radius 1 is 1.19 bits per heavy atom. The van der Waals surface area contributed by atoms with E-state index < -0.39 is 0 Å². The monoisotopic (exact) mass is 338 g/mol. The van der Waals surface area contributed by atoms with Crippen LogP contribution in [0.1, 0.15) is 5.56 Å². The Balaban J connectivity index is 2.14. The Morgan fingerprint density at radius 3 is 2.67 bits per heavy atom. The van der Waals surface area contributed by atoms with E-state index in [1.807, 2.05) is 34.9 Å². The molecule has 0 aliphatic carbocycles. The third kappa shape index (κ3) is 2.67. The Hall–Kier alpha value is -1.49. The van der Waals surface area contributed by atoms with Crippen molar-refractivity contribution in [1.29, 1.82) is 0 Å². The van der Waals surface area contributed by atoms with Gasteiger partial charge in [0, 0.05) is 5.56 Å². The summed E-state index contributed by atoms with van der Waals surface area (Å²) in [6, 6.07) is 11.5. The van der Waals surface area contributed by atoms with Crippen LogP contribution >= 0.6 is 35.4 Å². The molecule has 0 unspecified atom stereocenters. The maximum Gasteiger partial charge on any atom is 0.178 e. The predicted octanol–water partition coefficient (Wildman–Crippen LogP) is 5.06. The topological polar surface area (TPSA) is 29.9 Å². The van der Waals surface area contributed by atoms with Crippen molar-refractivity contribution < 1.29 is 4.74 Å². The molecule has 0 radical (unpaired) electrons. The lowest BCUT2D eigenvalue weighted by molar-refractivity contribution is 0.408. The van der Waals surface area contributed by atoms with E-state index in [-0.39, 0.29) is 0 Å². The molecule has 3 aromatic rings. The summed E-state index contributed by atoms with van der Waals surface area (Å²) in [4.78, 5) is 3.15. The maximum absolute atomic E-state index is 6.11. The zero-order valence-corrected chi connectivity index (χ0v) is 13.5. The van der Waals surface area contributed by atoms with Crippen molar-refractivity contribution in [2.45, 2.75) is 6.54 Å². The summed E-state index contributed by atoms with van der Waals surface area (Å²) in [5.74, 6) is 0.828. The van der Waals surface area contributed by atoms with E-state index in [2.05, 4.69) is 4.98 Å². The molecule has 0 amide bonds. The van der Waals surface area contributed by atoms with Crippen LogP contribution in [0.25, 0.3) is 11.0 Å². The van der Waals surface area contributed by atoms with Crippen LogP contribution in [0.15, 0.2) is 36.4 Å². The van der Waals surface area contributed by atoms with E-state index in [1.165, 1.54) is 0 Å². The molecule has 0 aliphatic heterocycles. The van der Waals surface area contributed by atoms with Gasteiger partial charge in [0.2, 0.25) is 0 Å². The summed E-state index contributed by atoms with van der Waals surface area (Å²) in [5.41, 5.74) is 2.83. The van der Waals surface area contributed by atoms with Gasteiger partial charge in [0.15, 0.2) is 4.77 Å². The molecular weight excluding hydrogens is 327 g/mol. The highest BCUT2D eigenvalue weighted by atomic mass is 35.5. The van der Waals surface area contributed by atoms with Crippen LogP contribution in [0, 0.1) is 4.77 Å². The van der Waals surface area contributed by atoms with Gasteiger partial charge in [0.1, 0.15) is 5.75 Å². The van der Waals surface area contributed by atoms with Gasteiger partial charge in [0.25, 0.3) is 0 Å². The molecule has 1 aromatic heterocycles. The fourth-order valence-corrected chi connectivity index (χ4v) is 2.91. The van der Waals surface area contributed by atoms with E-state index in [1.54, 1.807) is 13.2 Å².